The summed E-state index contributed by atoms with van der Waals surface area (Å²) >= 11 is 0. The van der Waals surface area contributed by atoms with Crippen LogP contribution in [0.3, 0.4) is 0 Å². The molecule has 1 aliphatic heterocycles. The topological polar surface area (TPSA) is 109 Å². The van der Waals surface area contributed by atoms with Crippen molar-refractivity contribution in [3.63, 3.8) is 0 Å². The number of para-hydroxylation sites is 1. The molecule has 0 aromatic heterocycles. The van der Waals surface area contributed by atoms with Crippen LogP contribution in [0.2, 0.25) is 0 Å². The molecule has 3 amide bonds. The molecule has 2 aliphatic rings. The van der Waals surface area contributed by atoms with E-state index >= 15 is 0 Å². The summed E-state index contributed by atoms with van der Waals surface area (Å²) in [7, 11) is 0. The fraction of sp³-hybridized carbons (Fsp3) is 0.325. The second-order valence-corrected chi connectivity index (χ2v) is 12.5. The number of ether oxygens (including phenoxy) is 2. The zero-order valence-electron chi connectivity index (χ0n) is 27.7. The molecule has 0 unspecified atom stereocenters. The lowest BCUT2D eigenvalue weighted by Gasteiger charge is -2.31. The largest absolute Gasteiger partial charge is 0.449 e. The van der Waals surface area contributed by atoms with Crippen molar-refractivity contribution in [1.82, 2.24) is 15.5 Å². The van der Waals surface area contributed by atoms with E-state index in [0.717, 1.165) is 49.9 Å². The van der Waals surface area contributed by atoms with E-state index in [1.807, 2.05) is 78.9 Å². The first-order valence-electron chi connectivity index (χ1n) is 17.2. The molecule has 0 saturated carbocycles. The molecular weight excluding hydrogens is 616 g/mol. The molecule has 9 nitrogen and oxygen atoms in total. The zero-order valence-corrected chi connectivity index (χ0v) is 27.7. The SMILES string of the molecule is O=C(CCN1CCC(OC(=O)Nc2ccccc2-c2ccccc2)CC1)NCCCCNC(=O)OCC1c2ccccc2-c2ccccc21. The minimum absolute atomic E-state index is 0.0133. The number of piperidine rings is 1. The third-order valence-corrected chi connectivity index (χ3v) is 9.25. The first-order chi connectivity index (χ1) is 24.0. The molecule has 1 aliphatic carbocycles. The van der Waals surface area contributed by atoms with Gasteiger partial charge in [0.05, 0.1) is 5.69 Å². The Morgan fingerprint density at radius 3 is 1.96 bits per heavy atom. The molecule has 9 heteroatoms. The Balaban J connectivity index is 0.803. The van der Waals surface area contributed by atoms with Crippen LogP contribution in [0.1, 0.15) is 49.1 Å². The van der Waals surface area contributed by atoms with Gasteiger partial charge in [-0.2, -0.15) is 0 Å². The van der Waals surface area contributed by atoms with E-state index in [0.29, 0.717) is 38.3 Å². The molecular formula is C40H44N4O5. The molecule has 0 bridgehead atoms. The van der Waals surface area contributed by atoms with Crippen LogP contribution in [0.25, 0.3) is 22.3 Å². The number of hydrogen-bond acceptors (Lipinski definition) is 6. The number of unbranched alkanes of at least 4 members (excludes halogenated alkanes) is 1. The smallest absolute Gasteiger partial charge is 0.411 e. The summed E-state index contributed by atoms with van der Waals surface area (Å²) in [4.78, 5) is 39.7. The molecule has 254 valence electrons. The number of hydrogen-bond donors (Lipinski definition) is 3. The predicted molar refractivity (Wildman–Crippen MR) is 191 cm³/mol. The van der Waals surface area contributed by atoms with Gasteiger partial charge in [-0.05, 0) is 59.6 Å². The van der Waals surface area contributed by atoms with Crippen LogP contribution in [0, 0.1) is 0 Å². The number of amides is 3. The van der Waals surface area contributed by atoms with Crippen molar-refractivity contribution in [3.8, 4) is 22.3 Å². The van der Waals surface area contributed by atoms with Crippen molar-refractivity contribution in [2.45, 2.75) is 44.1 Å². The standard InChI is InChI=1S/C40H44N4O5/c45-38(41-23-10-11-24-42-39(46)48-28-36-34-17-6-4-15-32(34)33-16-5-7-18-35(33)36)22-27-44-25-20-30(21-26-44)49-40(47)43-37-19-9-8-14-31(37)29-12-2-1-3-13-29/h1-9,12-19,30,36H,10-11,20-28H2,(H,41,45)(H,42,46)(H,43,47). The Bertz CT molecular complexity index is 1680. The van der Waals surface area contributed by atoms with Crippen LogP contribution < -0.4 is 16.0 Å². The highest BCUT2D eigenvalue weighted by atomic mass is 16.6. The highest BCUT2D eigenvalue weighted by molar-refractivity contribution is 5.91. The van der Waals surface area contributed by atoms with Crippen LogP contribution in [0.15, 0.2) is 103 Å². The van der Waals surface area contributed by atoms with Crippen LogP contribution in [0.5, 0.6) is 0 Å². The maximum Gasteiger partial charge on any atom is 0.411 e. The van der Waals surface area contributed by atoms with Crippen molar-refractivity contribution < 1.29 is 23.9 Å². The summed E-state index contributed by atoms with van der Waals surface area (Å²) in [5.41, 5.74) is 7.46. The number of rotatable bonds is 13. The summed E-state index contributed by atoms with van der Waals surface area (Å²) in [6.45, 7) is 3.55. The van der Waals surface area contributed by atoms with E-state index in [9.17, 15) is 14.4 Å². The molecule has 1 fully saturated rings. The number of nitrogens with one attached hydrogen (secondary N) is 3. The van der Waals surface area contributed by atoms with Gasteiger partial charge in [-0.3, -0.25) is 10.1 Å². The molecule has 3 N–H and O–H groups in total. The summed E-state index contributed by atoms with van der Waals surface area (Å²) in [5, 5.41) is 8.72. The van der Waals surface area contributed by atoms with Gasteiger partial charge < -0.3 is 25.0 Å². The summed E-state index contributed by atoms with van der Waals surface area (Å²) in [6.07, 6.45) is 2.34. The molecule has 0 radical (unpaired) electrons. The summed E-state index contributed by atoms with van der Waals surface area (Å²) in [5.74, 6) is 0.0491. The maximum atomic E-state index is 12.7. The zero-order chi connectivity index (χ0) is 33.8. The number of nitrogens with zero attached hydrogens (tertiary/aromatic N) is 1. The molecule has 6 rings (SSSR count). The average molecular weight is 661 g/mol. The fourth-order valence-corrected chi connectivity index (χ4v) is 6.67. The van der Waals surface area contributed by atoms with Crippen molar-refractivity contribution in [2.75, 3.05) is 44.6 Å². The van der Waals surface area contributed by atoms with Gasteiger partial charge in [-0.25, -0.2) is 9.59 Å². The third-order valence-electron chi connectivity index (χ3n) is 9.25. The summed E-state index contributed by atoms with van der Waals surface area (Å²) in [6, 6.07) is 34.2. The van der Waals surface area contributed by atoms with Crippen LogP contribution in [-0.4, -0.2) is 68.4 Å². The predicted octanol–water partition coefficient (Wildman–Crippen LogP) is 7.19. The number of carbonyl (C=O) groups excluding carboxylic acids is 3. The van der Waals surface area contributed by atoms with E-state index in [1.54, 1.807) is 0 Å². The average Bonchev–Trinajstić information content (AvgIpc) is 3.46. The van der Waals surface area contributed by atoms with Crippen LogP contribution >= 0.6 is 0 Å². The van der Waals surface area contributed by atoms with E-state index in [2.05, 4.69) is 45.1 Å². The number of likely N-dealkylation sites (tertiary alicyclic amines) is 1. The van der Waals surface area contributed by atoms with Crippen molar-refractivity contribution in [1.29, 1.82) is 0 Å². The Kier molecular flexibility index (Phi) is 11.6. The highest BCUT2D eigenvalue weighted by Gasteiger charge is 2.29. The van der Waals surface area contributed by atoms with Gasteiger partial charge >= 0.3 is 12.2 Å². The van der Waals surface area contributed by atoms with Crippen molar-refractivity contribution >= 4 is 23.8 Å². The van der Waals surface area contributed by atoms with E-state index in [-0.39, 0.29) is 17.9 Å². The molecule has 4 aromatic carbocycles. The van der Waals surface area contributed by atoms with Crippen molar-refractivity contribution in [2.24, 2.45) is 0 Å². The quantitative estimate of drug-likeness (QED) is 0.131. The second kappa shape index (κ2) is 16.8. The monoisotopic (exact) mass is 660 g/mol. The number of benzene rings is 4. The fourth-order valence-electron chi connectivity index (χ4n) is 6.67. The van der Waals surface area contributed by atoms with Gasteiger partial charge in [0, 0.05) is 50.6 Å². The number of anilines is 1. The lowest BCUT2D eigenvalue weighted by Crippen LogP contribution is -2.40. The molecule has 1 saturated heterocycles. The van der Waals surface area contributed by atoms with E-state index in [4.69, 9.17) is 9.47 Å². The lowest BCUT2D eigenvalue weighted by atomic mass is 9.98. The Morgan fingerprint density at radius 1 is 0.673 bits per heavy atom. The number of carbonyl (C=O) groups is 3. The molecule has 0 spiro atoms. The summed E-state index contributed by atoms with van der Waals surface area (Å²) < 4.78 is 11.3. The van der Waals surface area contributed by atoms with E-state index < -0.39 is 12.2 Å². The Hall–Kier alpha value is -5.15. The lowest BCUT2D eigenvalue weighted by molar-refractivity contribution is -0.121. The van der Waals surface area contributed by atoms with E-state index in [1.165, 1.54) is 22.3 Å². The van der Waals surface area contributed by atoms with Gasteiger partial charge in [-0.15, -0.1) is 0 Å². The first-order valence-corrected chi connectivity index (χ1v) is 17.2. The molecule has 4 aromatic rings. The van der Waals surface area contributed by atoms with Crippen LogP contribution in [-0.2, 0) is 14.3 Å². The van der Waals surface area contributed by atoms with Crippen LogP contribution in [0.4, 0.5) is 15.3 Å². The third kappa shape index (κ3) is 9.06. The molecule has 49 heavy (non-hydrogen) atoms. The Labute approximate surface area is 288 Å². The first kappa shape index (κ1) is 33.7. The van der Waals surface area contributed by atoms with Gasteiger partial charge in [0.1, 0.15) is 12.7 Å². The van der Waals surface area contributed by atoms with Gasteiger partial charge in [0.2, 0.25) is 5.91 Å². The van der Waals surface area contributed by atoms with Gasteiger partial charge in [0.25, 0.3) is 0 Å². The number of fused-ring (bicyclic) bond motifs is 3. The minimum atomic E-state index is -0.449. The maximum absolute atomic E-state index is 12.7. The van der Waals surface area contributed by atoms with Crippen molar-refractivity contribution in [3.05, 3.63) is 114 Å². The van der Waals surface area contributed by atoms with Gasteiger partial charge in [0.15, 0.2) is 0 Å². The second-order valence-electron chi connectivity index (χ2n) is 12.5. The minimum Gasteiger partial charge on any atom is -0.449 e. The van der Waals surface area contributed by atoms with Gasteiger partial charge in [-0.1, -0.05) is 97.1 Å². The normalized spacial score (nSPS) is 14.4. The molecule has 1 heterocycles. The highest BCUT2D eigenvalue weighted by Crippen LogP contribution is 2.44. The molecule has 0 atom stereocenters. The Morgan fingerprint density at radius 2 is 1.27 bits per heavy atom. The number of alkyl carbamates (subject to hydrolysis) is 1.